The molecule has 0 amide bonds. The van der Waals surface area contributed by atoms with Crippen molar-refractivity contribution in [1.29, 1.82) is 0 Å². The highest BCUT2D eigenvalue weighted by Gasteiger charge is 2.10. The number of aromatic carboxylic acids is 1. The van der Waals surface area contributed by atoms with Crippen molar-refractivity contribution >= 4 is 27.7 Å². The zero-order valence-corrected chi connectivity index (χ0v) is 12.5. The van der Waals surface area contributed by atoms with Crippen LogP contribution in [0.2, 0.25) is 0 Å². The Morgan fingerprint density at radius 1 is 0.875 bits per heavy atom. The summed E-state index contributed by atoms with van der Waals surface area (Å²) in [6.45, 7) is 0. The SMILES string of the molecule is O=C(O)c1ccc(-c2cc(=O)c3ccc4ccccc4c3o2)cc1. The second-order valence-corrected chi connectivity index (χ2v) is 5.52. The number of benzene rings is 3. The van der Waals surface area contributed by atoms with Crippen LogP contribution in [-0.2, 0) is 0 Å². The maximum absolute atomic E-state index is 12.4. The fourth-order valence-corrected chi connectivity index (χ4v) is 2.80. The molecule has 4 aromatic rings. The van der Waals surface area contributed by atoms with Gasteiger partial charge in [0, 0.05) is 17.0 Å². The molecule has 24 heavy (non-hydrogen) atoms. The van der Waals surface area contributed by atoms with Gasteiger partial charge in [-0.05, 0) is 23.6 Å². The van der Waals surface area contributed by atoms with Crippen LogP contribution in [0.1, 0.15) is 10.4 Å². The Kier molecular flexibility index (Phi) is 3.17. The number of carbonyl (C=O) groups is 1. The number of rotatable bonds is 2. The zero-order chi connectivity index (χ0) is 16.7. The van der Waals surface area contributed by atoms with Crippen molar-refractivity contribution in [3.63, 3.8) is 0 Å². The molecule has 1 N–H and O–H groups in total. The maximum Gasteiger partial charge on any atom is 0.335 e. The Morgan fingerprint density at radius 3 is 2.38 bits per heavy atom. The fraction of sp³-hybridized carbons (Fsp3) is 0. The highest BCUT2D eigenvalue weighted by Crippen LogP contribution is 2.28. The van der Waals surface area contributed by atoms with E-state index in [9.17, 15) is 9.59 Å². The molecular weight excluding hydrogens is 304 g/mol. The smallest absolute Gasteiger partial charge is 0.335 e. The van der Waals surface area contributed by atoms with Crippen molar-refractivity contribution < 1.29 is 14.3 Å². The van der Waals surface area contributed by atoms with Crippen LogP contribution < -0.4 is 5.43 Å². The largest absolute Gasteiger partial charge is 0.478 e. The lowest BCUT2D eigenvalue weighted by molar-refractivity contribution is 0.0697. The van der Waals surface area contributed by atoms with Gasteiger partial charge in [-0.1, -0.05) is 42.5 Å². The van der Waals surface area contributed by atoms with E-state index in [2.05, 4.69) is 0 Å². The monoisotopic (exact) mass is 316 g/mol. The first-order valence-corrected chi connectivity index (χ1v) is 7.43. The molecule has 0 atom stereocenters. The molecule has 0 saturated carbocycles. The fourth-order valence-electron chi connectivity index (χ4n) is 2.80. The molecule has 0 radical (unpaired) electrons. The Bertz CT molecular complexity index is 1140. The van der Waals surface area contributed by atoms with Crippen LogP contribution in [0.5, 0.6) is 0 Å². The van der Waals surface area contributed by atoms with Crippen molar-refractivity contribution in [2.24, 2.45) is 0 Å². The second kappa shape index (κ2) is 5.35. The lowest BCUT2D eigenvalue weighted by atomic mass is 10.1. The third kappa shape index (κ3) is 2.25. The van der Waals surface area contributed by atoms with Crippen molar-refractivity contribution in [1.82, 2.24) is 0 Å². The summed E-state index contributed by atoms with van der Waals surface area (Å²) in [6, 6.07) is 19.1. The molecule has 0 fully saturated rings. The van der Waals surface area contributed by atoms with Gasteiger partial charge in [0.1, 0.15) is 11.3 Å². The summed E-state index contributed by atoms with van der Waals surface area (Å²) in [5.41, 5.74) is 1.26. The molecule has 0 aliphatic rings. The first-order valence-electron chi connectivity index (χ1n) is 7.43. The number of carboxylic acids is 1. The number of carboxylic acid groups (broad SMARTS) is 1. The van der Waals surface area contributed by atoms with Gasteiger partial charge in [0.05, 0.1) is 10.9 Å². The Balaban J connectivity index is 1.98. The van der Waals surface area contributed by atoms with E-state index in [-0.39, 0.29) is 11.0 Å². The van der Waals surface area contributed by atoms with Crippen molar-refractivity contribution in [3.8, 4) is 11.3 Å². The Labute approximate surface area is 136 Å². The van der Waals surface area contributed by atoms with Gasteiger partial charge in [-0.15, -0.1) is 0 Å². The van der Waals surface area contributed by atoms with Gasteiger partial charge in [-0.2, -0.15) is 0 Å². The topological polar surface area (TPSA) is 67.5 Å². The molecule has 0 spiro atoms. The van der Waals surface area contributed by atoms with E-state index in [1.165, 1.54) is 18.2 Å². The predicted octanol–water partition coefficient (Wildman–Crippen LogP) is 4.31. The van der Waals surface area contributed by atoms with Crippen LogP contribution in [0.15, 0.2) is 75.9 Å². The van der Waals surface area contributed by atoms with Crippen LogP contribution >= 0.6 is 0 Å². The van der Waals surface area contributed by atoms with E-state index in [0.717, 1.165) is 10.8 Å². The van der Waals surface area contributed by atoms with E-state index in [1.54, 1.807) is 18.2 Å². The minimum atomic E-state index is -0.993. The van der Waals surface area contributed by atoms with Crippen LogP contribution in [-0.4, -0.2) is 11.1 Å². The molecule has 0 saturated heterocycles. The maximum atomic E-state index is 12.4. The quantitative estimate of drug-likeness (QED) is 0.559. The van der Waals surface area contributed by atoms with Crippen molar-refractivity contribution in [3.05, 3.63) is 82.5 Å². The van der Waals surface area contributed by atoms with Gasteiger partial charge in [0.2, 0.25) is 0 Å². The number of fused-ring (bicyclic) bond motifs is 3. The molecule has 4 heteroatoms. The molecule has 0 unspecified atom stereocenters. The highest BCUT2D eigenvalue weighted by atomic mass is 16.4. The molecule has 0 bridgehead atoms. The summed E-state index contributed by atoms with van der Waals surface area (Å²) in [5.74, 6) is -0.576. The summed E-state index contributed by atoms with van der Waals surface area (Å²) in [7, 11) is 0. The Morgan fingerprint density at radius 2 is 1.62 bits per heavy atom. The number of hydrogen-bond acceptors (Lipinski definition) is 3. The average molecular weight is 316 g/mol. The molecule has 0 aliphatic heterocycles. The minimum absolute atomic E-state index is 0.126. The molecule has 1 heterocycles. The standard InChI is InChI=1S/C20H12O4/c21-17-11-18(13-5-7-14(8-6-13)20(22)23)24-19-15-4-2-1-3-12(15)9-10-16(17)19/h1-11H,(H,22,23). The van der Waals surface area contributed by atoms with Crippen LogP contribution in [0.25, 0.3) is 33.1 Å². The first kappa shape index (κ1) is 14.2. The van der Waals surface area contributed by atoms with Gasteiger partial charge in [-0.3, -0.25) is 4.79 Å². The van der Waals surface area contributed by atoms with Crippen LogP contribution in [0.3, 0.4) is 0 Å². The van der Waals surface area contributed by atoms with E-state index < -0.39 is 5.97 Å². The molecule has 0 aliphatic carbocycles. The van der Waals surface area contributed by atoms with Crippen molar-refractivity contribution in [2.75, 3.05) is 0 Å². The third-order valence-electron chi connectivity index (χ3n) is 4.04. The third-order valence-corrected chi connectivity index (χ3v) is 4.04. The average Bonchev–Trinajstić information content (AvgIpc) is 2.61. The highest BCUT2D eigenvalue weighted by molar-refractivity contribution is 6.04. The van der Waals surface area contributed by atoms with Crippen molar-refractivity contribution in [2.45, 2.75) is 0 Å². The molecule has 4 rings (SSSR count). The number of hydrogen-bond donors (Lipinski definition) is 1. The normalized spacial score (nSPS) is 11.0. The molecule has 3 aromatic carbocycles. The molecular formula is C20H12O4. The summed E-state index contributed by atoms with van der Waals surface area (Å²) >= 11 is 0. The van der Waals surface area contributed by atoms with E-state index in [4.69, 9.17) is 9.52 Å². The van der Waals surface area contributed by atoms with Crippen LogP contribution in [0.4, 0.5) is 0 Å². The van der Waals surface area contributed by atoms with Crippen LogP contribution in [0, 0.1) is 0 Å². The molecule has 116 valence electrons. The summed E-state index contributed by atoms with van der Waals surface area (Å²) in [5, 5.41) is 11.4. The van der Waals surface area contributed by atoms with Gasteiger partial charge < -0.3 is 9.52 Å². The summed E-state index contributed by atoms with van der Waals surface area (Å²) in [4.78, 5) is 23.4. The summed E-state index contributed by atoms with van der Waals surface area (Å²) < 4.78 is 5.99. The van der Waals surface area contributed by atoms with Gasteiger partial charge in [0.25, 0.3) is 0 Å². The van der Waals surface area contributed by atoms with E-state index in [1.807, 2.05) is 30.3 Å². The van der Waals surface area contributed by atoms with Gasteiger partial charge in [-0.25, -0.2) is 4.79 Å². The van der Waals surface area contributed by atoms with Gasteiger partial charge >= 0.3 is 5.97 Å². The van der Waals surface area contributed by atoms with Gasteiger partial charge in [0.15, 0.2) is 5.43 Å². The lowest BCUT2D eigenvalue weighted by Gasteiger charge is -2.06. The minimum Gasteiger partial charge on any atom is -0.478 e. The molecule has 1 aromatic heterocycles. The van der Waals surface area contributed by atoms with E-state index >= 15 is 0 Å². The summed E-state index contributed by atoms with van der Waals surface area (Å²) in [6.07, 6.45) is 0. The molecule has 4 nitrogen and oxygen atoms in total. The van der Waals surface area contributed by atoms with E-state index in [0.29, 0.717) is 22.3 Å². The Hall–Kier alpha value is -3.40. The second-order valence-electron chi connectivity index (χ2n) is 5.52. The lowest BCUT2D eigenvalue weighted by Crippen LogP contribution is -2.01. The zero-order valence-electron chi connectivity index (χ0n) is 12.5. The first-order chi connectivity index (χ1) is 11.6. The predicted molar refractivity (Wildman–Crippen MR) is 92.4 cm³/mol.